The highest BCUT2D eigenvalue weighted by atomic mass is 16.6. The van der Waals surface area contributed by atoms with E-state index in [-0.39, 0.29) is 36.0 Å². The maximum absolute atomic E-state index is 13.7. The molecule has 1 atom stereocenters. The van der Waals surface area contributed by atoms with Crippen LogP contribution in [0.5, 0.6) is 0 Å². The molecule has 2 aliphatic heterocycles. The highest BCUT2D eigenvalue weighted by Crippen LogP contribution is 2.53. The van der Waals surface area contributed by atoms with E-state index in [1.165, 1.54) is 14.0 Å². The van der Waals surface area contributed by atoms with Crippen LogP contribution >= 0.6 is 0 Å². The summed E-state index contributed by atoms with van der Waals surface area (Å²) in [7, 11) is 1.44. The number of hydrogen-bond acceptors (Lipinski definition) is 8. The Bertz CT molecular complexity index is 1040. The van der Waals surface area contributed by atoms with Gasteiger partial charge in [-0.2, -0.15) is 5.26 Å². The molecule has 0 saturated heterocycles. The fourth-order valence-corrected chi connectivity index (χ4v) is 3.82. The normalized spacial score (nSPS) is 20.2. The number of anilines is 1. The molecule has 1 aromatic carbocycles. The van der Waals surface area contributed by atoms with E-state index in [0.29, 0.717) is 11.3 Å². The quantitative estimate of drug-likeness (QED) is 0.486. The largest absolute Gasteiger partial charge is 0.460 e. The lowest BCUT2D eigenvalue weighted by molar-refractivity contribution is -0.142. The molecule has 2 aliphatic rings. The minimum Gasteiger partial charge on any atom is -0.460 e. The maximum atomic E-state index is 13.7. The van der Waals surface area contributed by atoms with Crippen LogP contribution in [-0.4, -0.2) is 44.7 Å². The lowest BCUT2D eigenvalue weighted by atomic mass is 9.68. The number of nitriles is 1. The Balaban J connectivity index is 2.29. The van der Waals surface area contributed by atoms with Gasteiger partial charge in [0.05, 0.1) is 6.61 Å². The summed E-state index contributed by atoms with van der Waals surface area (Å²) in [5, 5.41) is 9.87. The lowest BCUT2D eigenvalue weighted by Crippen LogP contribution is -2.50. The molecule has 10 heteroatoms. The first-order valence-electron chi connectivity index (χ1n) is 8.96. The fraction of sp³-hybridized carbons (Fsp3) is 0.300. The average molecular weight is 412 g/mol. The van der Waals surface area contributed by atoms with Gasteiger partial charge in [0.25, 0.3) is 0 Å². The van der Waals surface area contributed by atoms with Gasteiger partial charge in [0.15, 0.2) is 5.41 Å². The minimum atomic E-state index is -1.92. The second-order valence-corrected chi connectivity index (χ2v) is 6.64. The van der Waals surface area contributed by atoms with Gasteiger partial charge in [0, 0.05) is 18.4 Å². The molecule has 0 fully saturated rings. The van der Waals surface area contributed by atoms with Gasteiger partial charge < -0.3 is 30.6 Å². The fourth-order valence-electron chi connectivity index (χ4n) is 3.82. The first-order valence-corrected chi connectivity index (χ1v) is 8.96. The molecule has 2 heterocycles. The number of carbonyl (C=O) groups excluding carboxylic acids is 3. The van der Waals surface area contributed by atoms with E-state index in [0.717, 1.165) is 4.90 Å². The third-order valence-electron chi connectivity index (χ3n) is 4.93. The summed E-state index contributed by atoms with van der Waals surface area (Å²) >= 11 is 0. The summed E-state index contributed by atoms with van der Waals surface area (Å²) in [6.45, 7) is 1.06. The summed E-state index contributed by atoms with van der Waals surface area (Å²) in [4.78, 5) is 39.5. The van der Waals surface area contributed by atoms with E-state index in [9.17, 15) is 19.6 Å². The Morgan fingerprint density at radius 3 is 2.63 bits per heavy atom. The number of esters is 1. The van der Waals surface area contributed by atoms with Crippen LogP contribution in [0.25, 0.3) is 0 Å². The number of nitrogens with zero attached hydrogens (tertiary/aromatic N) is 2. The number of allylic oxidation sites excluding steroid dienone is 1. The van der Waals surface area contributed by atoms with Crippen molar-refractivity contribution in [1.29, 1.82) is 5.26 Å². The number of hydrogen-bond donors (Lipinski definition) is 2. The summed E-state index contributed by atoms with van der Waals surface area (Å²) in [6.07, 6.45) is 0. The van der Waals surface area contributed by atoms with Crippen molar-refractivity contribution in [2.24, 2.45) is 11.5 Å². The molecular weight excluding hydrogens is 392 g/mol. The molecule has 30 heavy (non-hydrogen) atoms. The Morgan fingerprint density at radius 1 is 1.30 bits per heavy atom. The van der Waals surface area contributed by atoms with Gasteiger partial charge in [-0.05, 0) is 13.0 Å². The molecule has 3 rings (SSSR count). The number of methoxy groups -OCH3 is 1. The van der Waals surface area contributed by atoms with Gasteiger partial charge in [-0.25, -0.2) is 4.79 Å². The molecule has 0 aromatic heterocycles. The van der Waals surface area contributed by atoms with Gasteiger partial charge in [-0.1, -0.05) is 18.2 Å². The van der Waals surface area contributed by atoms with E-state index in [2.05, 4.69) is 0 Å². The van der Waals surface area contributed by atoms with Crippen molar-refractivity contribution < 1.29 is 28.6 Å². The molecule has 0 radical (unpaired) electrons. The zero-order valence-electron chi connectivity index (χ0n) is 16.4. The molecule has 0 bridgehead atoms. The molecule has 1 aromatic rings. The Labute approximate surface area is 172 Å². The zero-order chi connectivity index (χ0) is 22.1. The Hall–Kier alpha value is -3.84. The Morgan fingerprint density at radius 2 is 2.00 bits per heavy atom. The number of fused-ring (bicyclic) bond motifs is 2. The Kier molecular flexibility index (Phi) is 5.49. The number of carbonyl (C=O) groups is 3. The molecule has 4 N–H and O–H groups in total. The van der Waals surface area contributed by atoms with Crippen molar-refractivity contribution >= 4 is 23.5 Å². The standard InChI is InChI=1S/C20H20N4O6/c1-11-16(18(26)29-8-7-28-2)20(13(9-21)17(23)30-11)12-5-3-4-6-14(12)24(19(20)27)10-15(22)25/h3-6H,7-8,10,23H2,1-2H3,(H2,22,25). The van der Waals surface area contributed by atoms with E-state index >= 15 is 0 Å². The van der Waals surface area contributed by atoms with Gasteiger partial charge in [0.2, 0.25) is 17.7 Å². The first kappa shape index (κ1) is 20.9. The van der Waals surface area contributed by atoms with Crippen molar-refractivity contribution in [2.45, 2.75) is 12.3 Å². The molecule has 2 amide bonds. The summed E-state index contributed by atoms with van der Waals surface area (Å²) < 4.78 is 15.6. The van der Waals surface area contributed by atoms with Crippen molar-refractivity contribution in [2.75, 3.05) is 31.8 Å². The first-order chi connectivity index (χ1) is 14.3. The number of primary amides is 1. The topological polar surface area (TPSA) is 158 Å². The SMILES string of the molecule is COCCOC(=O)C1=C(C)OC(N)=C(C#N)C12C(=O)N(CC(N)=O)c1ccccc12. The van der Waals surface area contributed by atoms with Crippen LogP contribution in [0.2, 0.25) is 0 Å². The predicted octanol–water partition coefficient (Wildman–Crippen LogP) is -0.0560. The zero-order valence-corrected chi connectivity index (χ0v) is 16.4. The van der Waals surface area contributed by atoms with Crippen molar-refractivity contribution in [3.8, 4) is 6.07 Å². The van der Waals surface area contributed by atoms with Crippen LogP contribution in [-0.2, 0) is 34.0 Å². The second kappa shape index (κ2) is 7.88. The lowest BCUT2D eigenvalue weighted by Gasteiger charge is -2.34. The number of ether oxygens (including phenoxy) is 3. The van der Waals surface area contributed by atoms with Crippen LogP contribution in [0.3, 0.4) is 0 Å². The van der Waals surface area contributed by atoms with Crippen LogP contribution < -0.4 is 16.4 Å². The number of amides is 2. The molecule has 156 valence electrons. The number of para-hydroxylation sites is 1. The third-order valence-corrected chi connectivity index (χ3v) is 4.93. The van der Waals surface area contributed by atoms with Crippen molar-refractivity contribution in [3.05, 3.63) is 52.6 Å². The van der Waals surface area contributed by atoms with Crippen molar-refractivity contribution in [3.63, 3.8) is 0 Å². The van der Waals surface area contributed by atoms with Gasteiger partial charge in [-0.15, -0.1) is 0 Å². The summed E-state index contributed by atoms with van der Waals surface area (Å²) in [5.41, 5.74) is 9.54. The second-order valence-electron chi connectivity index (χ2n) is 6.64. The van der Waals surface area contributed by atoms with Crippen LogP contribution in [0.1, 0.15) is 12.5 Å². The van der Waals surface area contributed by atoms with Crippen molar-refractivity contribution in [1.82, 2.24) is 0 Å². The molecule has 1 spiro atoms. The molecule has 1 unspecified atom stereocenters. The monoisotopic (exact) mass is 412 g/mol. The van der Waals surface area contributed by atoms with Crippen LogP contribution in [0, 0.1) is 11.3 Å². The van der Waals surface area contributed by atoms with Crippen LogP contribution in [0.15, 0.2) is 47.1 Å². The number of benzene rings is 1. The van der Waals surface area contributed by atoms with E-state index in [1.807, 2.05) is 6.07 Å². The summed E-state index contributed by atoms with van der Waals surface area (Å²) in [6, 6.07) is 8.38. The number of rotatable bonds is 6. The molecular formula is C20H20N4O6. The van der Waals surface area contributed by atoms with E-state index < -0.39 is 29.7 Å². The van der Waals surface area contributed by atoms with Gasteiger partial charge in [-0.3, -0.25) is 9.59 Å². The highest BCUT2D eigenvalue weighted by molar-refractivity contribution is 6.19. The molecule has 10 nitrogen and oxygen atoms in total. The number of nitrogens with two attached hydrogens (primary N) is 2. The average Bonchev–Trinajstić information content (AvgIpc) is 2.92. The smallest absolute Gasteiger partial charge is 0.339 e. The maximum Gasteiger partial charge on any atom is 0.339 e. The van der Waals surface area contributed by atoms with E-state index in [4.69, 9.17) is 25.7 Å². The molecule has 0 aliphatic carbocycles. The third kappa shape index (κ3) is 2.96. The summed E-state index contributed by atoms with van der Waals surface area (Å²) in [5.74, 6) is -2.65. The minimum absolute atomic E-state index is 0.0120. The van der Waals surface area contributed by atoms with Gasteiger partial charge >= 0.3 is 5.97 Å². The molecule has 0 saturated carbocycles. The van der Waals surface area contributed by atoms with Gasteiger partial charge in [0.1, 0.15) is 36.1 Å². The predicted molar refractivity (Wildman–Crippen MR) is 103 cm³/mol. The highest BCUT2D eigenvalue weighted by Gasteiger charge is 2.62. The van der Waals surface area contributed by atoms with Crippen LogP contribution in [0.4, 0.5) is 5.69 Å². The van der Waals surface area contributed by atoms with E-state index in [1.54, 1.807) is 24.3 Å².